The van der Waals surface area contributed by atoms with E-state index in [9.17, 15) is 35.9 Å². The number of rotatable bonds is 4. The van der Waals surface area contributed by atoms with Crippen molar-refractivity contribution < 1.29 is 40.7 Å². The summed E-state index contributed by atoms with van der Waals surface area (Å²) >= 11 is 0. The Morgan fingerprint density at radius 1 is 0.865 bits per heavy atom. The Bertz CT molecular complexity index is 1180. The minimum Gasteiger partial charge on any atom is -0.406 e. The van der Waals surface area contributed by atoms with Gasteiger partial charge in [-0.1, -0.05) is 60.7 Å². The van der Waals surface area contributed by atoms with Crippen LogP contribution in [-0.4, -0.2) is 24.7 Å². The highest BCUT2D eigenvalue weighted by Crippen LogP contribution is 2.35. The third-order valence-corrected chi connectivity index (χ3v) is 5.38. The lowest BCUT2D eigenvalue weighted by Crippen LogP contribution is -2.46. The fourth-order valence-corrected chi connectivity index (χ4v) is 3.78. The van der Waals surface area contributed by atoms with E-state index in [4.69, 9.17) is 0 Å². The van der Waals surface area contributed by atoms with E-state index in [1.165, 1.54) is 30.3 Å². The summed E-state index contributed by atoms with van der Waals surface area (Å²) in [6.07, 6.45) is -8.60. The van der Waals surface area contributed by atoms with Crippen molar-refractivity contribution in [2.24, 2.45) is 5.92 Å². The molecule has 2 N–H and O–H groups in total. The Morgan fingerprint density at radius 3 is 2.05 bits per heavy atom. The van der Waals surface area contributed by atoms with Crippen LogP contribution in [-0.2, 0) is 15.8 Å². The number of hydrogen-bond acceptors (Lipinski definition) is 3. The van der Waals surface area contributed by atoms with Gasteiger partial charge in [0, 0.05) is 18.2 Å². The third-order valence-electron chi connectivity index (χ3n) is 5.38. The molecule has 1 fully saturated rings. The van der Waals surface area contributed by atoms with Gasteiger partial charge in [-0.15, -0.1) is 13.2 Å². The Morgan fingerprint density at radius 2 is 1.49 bits per heavy atom. The lowest BCUT2D eigenvalue weighted by atomic mass is 9.80. The van der Waals surface area contributed by atoms with Gasteiger partial charge >= 0.3 is 12.5 Å². The Kier molecular flexibility index (Phi) is 8.80. The lowest BCUT2D eigenvalue weighted by molar-refractivity contribution is -0.274. The van der Waals surface area contributed by atoms with Crippen molar-refractivity contribution in [3.8, 4) is 5.75 Å². The number of carbonyl (C=O) groups is 2. The second-order valence-electron chi connectivity index (χ2n) is 8.00. The molecule has 196 valence electrons. The number of hydrogen-bond donors (Lipinski definition) is 2. The van der Waals surface area contributed by atoms with Crippen LogP contribution in [0.5, 0.6) is 5.75 Å². The zero-order chi connectivity index (χ0) is 27.1. The van der Waals surface area contributed by atoms with Crippen LogP contribution in [0.1, 0.15) is 23.5 Å². The molecule has 4 rings (SSSR count). The highest BCUT2D eigenvalue weighted by Gasteiger charge is 2.39. The van der Waals surface area contributed by atoms with Crippen LogP contribution in [0.2, 0.25) is 0 Å². The molecule has 2 unspecified atom stereocenters. The average Bonchev–Trinajstić information content (AvgIpc) is 2.84. The normalized spacial score (nSPS) is 17.6. The quantitative estimate of drug-likeness (QED) is 0.318. The standard InChI is InChI=1S/C19H17F3N2O3.C7H5F3/c20-19(21,22)27-14-8-4-5-12(11-14)15-9-10-23-17(25)16(15)18(26)24-13-6-2-1-3-7-13;8-7(9,10)6-4-2-1-3-5-6/h1-8,11,15-16H,9-10H2,(H,23,25)(H,24,26);1-5H. The first-order valence-electron chi connectivity index (χ1n) is 11.1. The molecule has 37 heavy (non-hydrogen) atoms. The smallest absolute Gasteiger partial charge is 0.406 e. The minimum atomic E-state index is -4.81. The molecule has 2 amide bonds. The van der Waals surface area contributed by atoms with Gasteiger partial charge in [-0.3, -0.25) is 9.59 Å². The van der Waals surface area contributed by atoms with E-state index in [1.807, 2.05) is 0 Å². The summed E-state index contributed by atoms with van der Waals surface area (Å²) in [6.45, 7) is 0.336. The van der Waals surface area contributed by atoms with Gasteiger partial charge in [0.2, 0.25) is 11.8 Å². The predicted molar refractivity (Wildman–Crippen MR) is 123 cm³/mol. The molecule has 1 aliphatic rings. The zero-order valence-electron chi connectivity index (χ0n) is 19.1. The first-order valence-corrected chi connectivity index (χ1v) is 11.1. The van der Waals surface area contributed by atoms with Crippen LogP contribution in [0.4, 0.5) is 32.0 Å². The number of alkyl halides is 6. The molecular weight excluding hydrogens is 502 g/mol. The number of ether oxygens (including phenoxy) is 1. The highest BCUT2D eigenvalue weighted by molar-refractivity contribution is 6.07. The topological polar surface area (TPSA) is 67.4 Å². The molecular formula is C26H22F6N2O3. The summed E-state index contributed by atoms with van der Waals surface area (Å²) in [6, 6.07) is 20.4. The first-order chi connectivity index (χ1) is 17.4. The van der Waals surface area contributed by atoms with E-state index < -0.39 is 41.8 Å². The second-order valence-corrected chi connectivity index (χ2v) is 8.00. The van der Waals surface area contributed by atoms with Gasteiger partial charge in [0.15, 0.2) is 0 Å². The van der Waals surface area contributed by atoms with Crippen molar-refractivity contribution in [1.29, 1.82) is 0 Å². The molecule has 1 heterocycles. The van der Waals surface area contributed by atoms with Crippen LogP contribution in [0.25, 0.3) is 0 Å². The number of halogens is 6. The van der Waals surface area contributed by atoms with Gasteiger partial charge < -0.3 is 15.4 Å². The van der Waals surface area contributed by atoms with Crippen molar-refractivity contribution in [3.63, 3.8) is 0 Å². The molecule has 0 saturated carbocycles. The Balaban J connectivity index is 0.000000319. The van der Waals surface area contributed by atoms with Crippen molar-refractivity contribution in [2.45, 2.75) is 24.9 Å². The number of nitrogens with one attached hydrogen (secondary N) is 2. The van der Waals surface area contributed by atoms with Gasteiger partial charge in [-0.2, -0.15) is 13.2 Å². The molecule has 11 heteroatoms. The predicted octanol–water partition coefficient (Wildman–Crippen LogP) is 6.15. The van der Waals surface area contributed by atoms with Crippen molar-refractivity contribution in [1.82, 2.24) is 5.32 Å². The number of piperidine rings is 1. The summed E-state index contributed by atoms with van der Waals surface area (Å²) in [5.41, 5.74) is 0.378. The highest BCUT2D eigenvalue weighted by atomic mass is 19.4. The van der Waals surface area contributed by atoms with Gasteiger partial charge in [-0.05, 0) is 36.2 Å². The van der Waals surface area contributed by atoms with Crippen LogP contribution < -0.4 is 15.4 Å². The molecule has 1 aliphatic heterocycles. The van der Waals surface area contributed by atoms with Crippen molar-refractivity contribution in [3.05, 3.63) is 96.1 Å². The first kappa shape index (κ1) is 27.6. The van der Waals surface area contributed by atoms with E-state index in [1.54, 1.807) is 42.5 Å². The SMILES string of the molecule is FC(F)(F)c1ccccc1.O=C1NCCC(c2cccc(OC(F)(F)F)c2)C1C(=O)Nc1ccccc1. The molecule has 0 radical (unpaired) electrons. The fraction of sp³-hybridized carbons (Fsp3) is 0.231. The molecule has 1 saturated heterocycles. The Labute approximate surface area is 208 Å². The summed E-state index contributed by atoms with van der Waals surface area (Å²) in [5.74, 6) is -2.96. The maximum atomic E-state index is 12.7. The zero-order valence-corrected chi connectivity index (χ0v) is 19.1. The molecule has 2 atom stereocenters. The number of amides is 2. The summed E-state index contributed by atoms with van der Waals surface area (Å²) in [5, 5.41) is 5.32. The maximum Gasteiger partial charge on any atom is 0.573 e. The molecule has 0 spiro atoms. The van der Waals surface area contributed by atoms with Crippen LogP contribution in [0.3, 0.4) is 0 Å². The second kappa shape index (κ2) is 11.8. The molecule has 0 aromatic heterocycles. The van der Waals surface area contributed by atoms with Gasteiger partial charge in [0.1, 0.15) is 11.7 Å². The number of benzene rings is 3. The molecule has 5 nitrogen and oxygen atoms in total. The lowest BCUT2D eigenvalue weighted by Gasteiger charge is -2.30. The summed E-state index contributed by atoms with van der Waals surface area (Å²) in [7, 11) is 0. The molecule has 0 aliphatic carbocycles. The van der Waals surface area contributed by atoms with E-state index in [0.717, 1.165) is 12.1 Å². The van der Waals surface area contributed by atoms with Crippen LogP contribution in [0, 0.1) is 5.92 Å². The Hall–Kier alpha value is -4.02. The van der Waals surface area contributed by atoms with E-state index in [-0.39, 0.29) is 5.75 Å². The minimum absolute atomic E-state index is 0.336. The van der Waals surface area contributed by atoms with Crippen molar-refractivity contribution in [2.75, 3.05) is 11.9 Å². The third kappa shape index (κ3) is 8.26. The fourth-order valence-electron chi connectivity index (χ4n) is 3.78. The van der Waals surface area contributed by atoms with Gasteiger partial charge in [-0.25, -0.2) is 0 Å². The van der Waals surface area contributed by atoms with Gasteiger partial charge in [0.05, 0.1) is 5.56 Å². The maximum absolute atomic E-state index is 12.7. The number of para-hydroxylation sites is 1. The van der Waals surface area contributed by atoms with E-state index in [2.05, 4.69) is 15.4 Å². The van der Waals surface area contributed by atoms with Gasteiger partial charge in [0.25, 0.3) is 0 Å². The number of carbonyl (C=O) groups excluding carboxylic acids is 2. The summed E-state index contributed by atoms with van der Waals surface area (Å²) < 4.78 is 76.7. The van der Waals surface area contributed by atoms with Crippen molar-refractivity contribution >= 4 is 17.5 Å². The largest absolute Gasteiger partial charge is 0.573 e. The monoisotopic (exact) mass is 524 g/mol. The van der Waals surface area contributed by atoms with E-state index in [0.29, 0.717) is 24.2 Å². The number of anilines is 1. The van der Waals surface area contributed by atoms with Crippen LogP contribution >= 0.6 is 0 Å². The molecule has 3 aromatic rings. The molecule has 3 aromatic carbocycles. The van der Waals surface area contributed by atoms with Crippen LogP contribution in [0.15, 0.2) is 84.9 Å². The van der Waals surface area contributed by atoms with E-state index >= 15 is 0 Å². The summed E-state index contributed by atoms with van der Waals surface area (Å²) in [4.78, 5) is 25.0. The average molecular weight is 524 g/mol. The molecule has 0 bridgehead atoms.